The SMILES string of the molecule is CC1(C)O[C@@H]2[C@H](O1)[C@@H](CO)O[C@H]2c1nc(C(N)=O)cs1. The monoisotopic (exact) mass is 300 g/mol. The number of fused-ring (bicyclic) bond motifs is 1. The number of carbonyl (C=O) groups is 1. The van der Waals surface area contributed by atoms with Crippen LogP contribution in [0.25, 0.3) is 0 Å². The van der Waals surface area contributed by atoms with Crippen LogP contribution in [0, 0.1) is 0 Å². The second-order valence-corrected chi connectivity index (χ2v) is 6.17. The van der Waals surface area contributed by atoms with Crippen LogP contribution in [-0.2, 0) is 14.2 Å². The molecule has 0 aromatic carbocycles. The van der Waals surface area contributed by atoms with Crippen LogP contribution < -0.4 is 5.73 Å². The third-order valence-corrected chi connectivity index (χ3v) is 4.25. The second-order valence-electron chi connectivity index (χ2n) is 5.28. The number of rotatable bonds is 3. The molecule has 3 N–H and O–H groups in total. The summed E-state index contributed by atoms with van der Waals surface area (Å²) in [5.74, 6) is -1.31. The summed E-state index contributed by atoms with van der Waals surface area (Å²) in [7, 11) is 0. The molecular formula is C12H16N2O5S. The van der Waals surface area contributed by atoms with Gasteiger partial charge in [0.15, 0.2) is 5.79 Å². The highest BCUT2D eigenvalue weighted by atomic mass is 32.1. The van der Waals surface area contributed by atoms with E-state index in [1.165, 1.54) is 11.3 Å². The average Bonchev–Trinajstić information content (AvgIpc) is 3.01. The van der Waals surface area contributed by atoms with Gasteiger partial charge in [0, 0.05) is 5.38 Å². The molecule has 7 nitrogen and oxygen atoms in total. The molecule has 0 saturated carbocycles. The van der Waals surface area contributed by atoms with E-state index in [2.05, 4.69) is 4.98 Å². The highest BCUT2D eigenvalue weighted by molar-refractivity contribution is 7.09. The fourth-order valence-corrected chi connectivity index (χ4v) is 3.44. The van der Waals surface area contributed by atoms with Gasteiger partial charge in [-0.2, -0.15) is 0 Å². The highest BCUT2D eigenvalue weighted by Gasteiger charge is 2.56. The van der Waals surface area contributed by atoms with E-state index >= 15 is 0 Å². The number of amides is 1. The van der Waals surface area contributed by atoms with E-state index in [1.807, 2.05) is 13.8 Å². The third kappa shape index (κ3) is 2.23. The van der Waals surface area contributed by atoms with Gasteiger partial charge in [-0.25, -0.2) is 4.98 Å². The van der Waals surface area contributed by atoms with Crippen molar-refractivity contribution in [2.24, 2.45) is 5.73 Å². The maximum Gasteiger partial charge on any atom is 0.268 e. The zero-order valence-electron chi connectivity index (χ0n) is 11.1. The number of carbonyl (C=O) groups excluding carboxylic acids is 1. The topological polar surface area (TPSA) is 104 Å². The molecular weight excluding hydrogens is 284 g/mol. The zero-order valence-corrected chi connectivity index (χ0v) is 11.9. The third-order valence-electron chi connectivity index (χ3n) is 3.35. The number of ether oxygens (including phenoxy) is 3. The van der Waals surface area contributed by atoms with Gasteiger partial charge in [-0.3, -0.25) is 4.79 Å². The summed E-state index contributed by atoms with van der Waals surface area (Å²) >= 11 is 1.28. The summed E-state index contributed by atoms with van der Waals surface area (Å²) in [4.78, 5) is 15.3. The van der Waals surface area contributed by atoms with Crippen LogP contribution in [0.5, 0.6) is 0 Å². The molecule has 0 spiro atoms. The van der Waals surface area contributed by atoms with E-state index in [-0.39, 0.29) is 24.5 Å². The Bertz CT molecular complexity index is 532. The van der Waals surface area contributed by atoms with Gasteiger partial charge < -0.3 is 25.1 Å². The predicted molar refractivity (Wildman–Crippen MR) is 69.2 cm³/mol. The smallest absolute Gasteiger partial charge is 0.268 e. The van der Waals surface area contributed by atoms with E-state index in [0.717, 1.165) is 0 Å². The average molecular weight is 300 g/mol. The first kappa shape index (κ1) is 13.9. The number of aliphatic hydroxyl groups is 1. The molecule has 0 bridgehead atoms. The lowest BCUT2D eigenvalue weighted by molar-refractivity contribution is -0.191. The Hall–Kier alpha value is -1.06. The van der Waals surface area contributed by atoms with Gasteiger partial charge in [-0.15, -0.1) is 11.3 Å². The molecule has 3 rings (SSSR count). The minimum atomic E-state index is -0.728. The molecule has 2 aliphatic rings. The van der Waals surface area contributed by atoms with Crippen molar-refractivity contribution in [2.75, 3.05) is 6.61 Å². The van der Waals surface area contributed by atoms with E-state index in [0.29, 0.717) is 5.01 Å². The summed E-state index contributed by atoms with van der Waals surface area (Å²) in [5.41, 5.74) is 5.40. The summed E-state index contributed by atoms with van der Waals surface area (Å²) in [5, 5.41) is 11.6. The summed E-state index contributed by atoms with van der Waals surface area (Å²) < 4.78 is 17.3. The van der Waals surface area contributed by atoms with Crippen molar-refractivity contribution >= 4 is 17.2 Å². The fourth-order valence-electron chi connectivity index (χ4n) is 2.56. The predicted octanol–water partition coefficient (Wildman–Crippen LogP) is 0.194. The first-order chi connectivity index (χ1) is 9.41. The summed E-state index contributed by atoms with van der Waals surface area (Å²) in [6, 6.07) is 0. The highest BCUT2D eigenvalue weighted by Crippen LogP contribution is 2.45. The first-order valence-electron chi connectivity index (χ1n) is 6.28. The minimum absolute atomic E-state index is 0.162. The van der Waals surface area contributed by atoms with Crippen LogP contribution in [-0.4, -0.2) is 46.7 Å². The van der Waals surface area contributed by atoms with Crippen molar-refractivity contribution in [3.05, 3.63) is 16.1 Å². The van der Waals surface area contributed by atoms with Crippen LogP contribution in [0.2, 0.25) is 0 Å². The van der Waals surface area contributed by atoms with Crippen LogP contribution in [0.4, 0.5) is 0 Å². The number of aromatic nitrogens is 1. The van der Waals surface area contributed by atoms with Crippen molar-refractivity contribution in [3.8, 4) is 0 Å². The van der Waals surface area contributed by atoms with Crippen LogP contribution in [0.1, 0.15) is 35.4 Å². The van der Waals surface area contributed by atoms with Crippen molar-refractivity contribution in [1.29, 1.82) is 0 Å². The molecule has 0 aliphatic carbocycles. The molecule has 0 radical (unpaired) electrons. The lowest BCUT2D eigenvalue weighted by atomic mass is 10.1. The quantitative estimate of drug-likeness (QED) is 0.826. The van der Waals surface area contributed by atoms with E-state index in [4.69, 9.17) is 19.9 Å². The molecule has 20 heavy (non-hydrogen) atoms. The Labute approximate surface area is 119 Å². The molecule has 4 atom stereocenters. The normalized spacial score (nSPS) is 35.1. The number of nitrogens with two attached hydrogens (primary N) is 1. The second kappa shape index (κ2) is 4.74. The number of thiazole rings is 1. The molecule has 2 saturated heterocycles. The Morgan fingerprint density at radius 1 is 1.50 bits per heavy atom. The summed E-state index contributed by atoms with van der Waals surface area (Å²) in [6.45, 7) is 3.46. The number of hydrogen-bond acceptors (Lipinski definition) is 7. The van der Waals surface area contributed by atoms with Gasteiger partial charge in [0.1, 0.15) is 35.1 Å². The summed E-state index contributed by atoms with van der Waals surface area (Å²) in [6.07, 6.45) is -1.63. The number of hydrogen-bond donors (Lipinski definition) is 2. The maximum absolute atomic E-state index is 11.1. The van der Waals surface area contributed by atoms with Crippen LogP contribution >= 0.6 is 11.3 Å². The van der Waals surface area contributed by atoms with Crippen LogP contribution in [0.15, 0.2) is 5.38 Å². The van der Waals surface area contributed by atoms with Gasteiger partial charge in [0.25, 0.3) is 5.91 Å². The number of nitrogens with zero attached hydrogens (tertiary/aromatic N) is 1. The molecule has 2 aliphatic heterocycles. The Morgan fingerprint density at radius 3 is 2.80 bits per heavy atom. The van der Waals surface area contributed by atoms with Gasteiger partial charge in [-0.05, 0) is 13.8 Å². The molecule has 1 aromatic rings. The minimum Gasteiger partial charge on any atom is -0.394 e. The van der Waals surface area contributed by atoms with Crippen molar-refractivity contribution in [2.45, 2.75) is 44.1 Å². The largest absolute Gasteiger partial charge is 0.394 e. The van der Waals surface area contributed by atoms with Gasteiger partial charge in [0.05, 0.1) is 6.61 Å². The van der Waals surface area contributed by atoms with Crippen molar-refractivity contribution in [3.63, 3.8) is 0 Å². The molecule has 1 aromatic heterocycles. The molecule has 0 unspecified atom stereocenters. The molecule has 110 valence electrons. The lowest BCUT2D eigenvalue weighted by Gasteiger charge is -2.22. The number of aliphatic hydroxyl groups excluding tert-OH is 1. The lowest BCUT2D eigenvalue weighted by Crippen LogP contribution is -2.31. The first-order valence-corrected chi connectivity index (χ1v) is 7.16. The Balaban J connectivity index is 1.87. The number of primary amides is 1. The molecule has 3 heterocycles. The van der Waals surface area contributed by atoms with Gasteiger partial charge in [0.2, 0.25) is 0 Å². The molecule has 2 fully saturated rings. The Kier molecular flexibility index (Phi) is 3.30. The van der Waals surface area contributed by atoms with Gasteiger partial charge in [-0.1, -0.05) is 0 Å². The van der Waals surface area contributed by atoms with Crippen molar-refractivity contribution < 1.29 is 24.1 Å². The Morgan fingerprint density at radius 2 is 2.20 bits per heavy atom. The maximum atomic E-state index is 11.1. The van der Waals surface area contributed by atoms with Crippen molar-refractivity contribution in [1.82, 2.24) is 4.98 Å². The fraction of sp³-hybridized carbons (Fsp3) is 0.667. The standard InChI is InChI=1S/C12H16N2O5S/c1-12(2)18-7-6(3-15)17-9(8(7)19-12)11-14-5(4-20-11)10(13)16/h4,6-9,15H,3H2,1-2H3,(H2,13,16)/t6-,7-,8-,9-/m1/s1. The van der Waals surface area contributed by atoms with E-state index in [9.17, 15) is 9.90 Å². The van der Waals surface area contributed by atoms with E-state index < -0.39 is 23.9 Å². The van der Waals surface area contributed by atoms with E-state index in [1.54, 1.807) is 5.38 Å². The van der Waals surface area contributed by atoms with Crippen LogP contribution in [0.3, 0.4) is 0 Å². The zero-order chi connectivity index (χ0) is 14.5. The van der Waals surface area contributed by atoms with Gasteiger partial charge >= 0.3 is 0 Å². The molecule has 1 amide bonds. The molecule has 8 heteroatoms.